The van der Waals surface area contributed by atoms with Gasteiger partial charge in [0.15, 0.2) is 0 Å². The SMILES string of the molecule is CCCC[CH2][Sn]([CH2]CCC)([CH2]CCC)[c]1cc(C)ccn1. The first kappa shape index (κ1) is 19.0. The molecule has 1 heterocycles. The minimum atomic E-state index is -2.27. The predicted molar refractivity (Wildman–Crippen MR) is 98.1 cm³/mol. The maximum absolute atomic E-state index is 4.89. The predicted octanol–water partition coefficient (Wildman–Crippen LogP) is 5.84. The second kappa shape index (κ2) is 10.6. The summed E-state index contributed by atoms with van der Waals surface area (Å²) in [6.07, 6.45) is 11.8. The molecule has 0 aliphatic heterocycles. The van der Waals surface area contributed by atoms with Crippen LogP contribution in [-0.2, 0) is 0 Å². The Kier molecular flexibility index (Phi) is 9.62. The van der Waals surface area contributed by atoms with Crippen LogP contribution in [0.4, 0.5) is 0 Å². The van der Waals surface area contributed by atoms with Gasteiger partial charge in [-0.15, -0.1) is 0 Å². The molecule has 0 radical (unpaired) electrons. The van der Waals surface area contributed by atoms with E-state index in [9.17, 15) is 0 Å². The monoisotopic (exact) mass is 397 g/mol. The van der Waals surface area contributed by atoms with E-state index in [4.69, 9.17) is 4.98 Å². The van der Waals surface area contributed by atoms with E-state index in [0.29, 0.717) is 0 Å². The molecule has 0 aromatic carbocycles. The molecule has 2 heteroatoms. The summed E-state index contributed by atoms with van der Waals surface area (Å²) in [5.41, 5.74) is 1.41. The molecule has 0 spiro atoms. The van der Waals surface area contributed by atoms with Crippen LogP contribution in [0.1, 0.15) is 71.3 Å². The Morgan fingerprint density at radius 1 is 0.857 bits per heavy atom. The van der Waals surface area contributed by atoms with Crippen molar-refractivity contribution in [1.82, 2.24) is 4.98 Å². The molecule has 0 atom stereocenters. The first-order chi connectivity index (χ1) is 10.2. The van der Waals surface area contributed by atoms with Crippen molar-refractivity contribution >= 4 is 22.1 Å². The minimum absolute atomic E-state index is 1.34. The Morgan fingerprint density at radius 3 is 1.95 bits per heavy atom. The molecule has 0 bridgehead atoms. The fraction of sp³-hybridized carbons (Fsp3) is 0.737. The van der Waals surface area contributed by atoms with Crippen molar-refractivity contribution < 1.29 is 0 Å². The topological polar surface area (TPSA) is 12.9 Å². The molecular weight excluding hydrogens is 361 g/mol. The third-order valence-electron chi connectivity index (χ3n) is 4.74. The van der Waals surface area contributed by atoms with Crippen LogP contribution in [0.15, 0.2) is 18.3 Å². The summed E-state index contributed by atoms with van der Waals surface area (Å²) < 4.78 is 6.14. The Bertz CT molecular complexity index is 381. The molecule has 0 aliphatic carbocycles. The Hall–Kier alpha value is -0.0513. The van der Waals surface area contributed by atoms with Gasteiger partial charge in [0.1, 0.15) is 0 Å². The fourth-order valence-corrected chi connectivity index (χ4v) is 18.7. The number of aryl methyl sites for hydroxylation is 1. The van der Waals surface area contributed by atoms with Crippen molar-refractivity contribution in [3.8, 4) is 0 Å². The third kappa shape index (κ3) is 6.30. The summed E-state index contributed by atoms with van der Waals surface area (Å²) in [6.45, 7) is 9.23. The van der Waals surface area contributed by atoms with E-state index in [2.05, 4.69) is 46.0 Å². The standard InChI is InChI=1S/C6H6N.C5H11.2C4H9.Sn/c1-6-2-4-7-5-3-6;1-3-5-4-2;2*1-3-4-2;/h2-4H,1H3;1,3-5H2,2H3;2*1,3-4H2,2H3;. The molecule has 1 rings (SSSR count). The number of aromatic nitrogens is 1. The molecule has 0 saturated carbocycles. The summed E-state index contributed by atoms with van der Waals surface area (Å²) in [7, 11) is 0. The van der Waals surface area contributed by atoms with Gasteiger partial charge in [-0.3, -0.25) is 0 Å². The van der Waals surface area contributed by atoms with Crippen LogP contribution < -0.4 is 3.71 Å². The summed E-state index contributed by atoms with van der Waals surface area (Å²) >= 11 is -2.27. The number of rotatable bonds is 11. The quantitative estimate of drug-likeness (QED) is 0.339. The zero-order chi connectivity index (χ0) is 15.6. The van der Waals surface area contributed by atoms with E-state index in [-0.39, 0.29) is 0 Å². The average molecular weight is 396 g/mol. The van der Waals surface area contributed by atoms with Gasteiger partial charge in [-0.25, -0.2) is 0 Å². The molecule has 1 nitrogen and oxygen atoms in total. The van der Waals surface area contributed by atoms with Gasteiger partial charge in [-0.1, -0.05) is 0 Å². The molecule has 21 heavy (non-hydrogen) atoms. The van der Waals surface area contributed by atoms with Crippen molar-refractivity contribution in [1.29, 1.82) is 0 Å². The van der Waals surface area contributed by atoms with Crippen LogP contribution in [0.25, 0.3) is 0 Å². The van der Waals surface area contributed by atoms with Gasteiger partial charge in [-0.05, 0) is 0 Å². The van der Waals surface area contributed by atoms with Crippen LogP contribution in [0.3, 0.4) is 0 Å². The Balaban J connectivity index is 3.01. The van der Waals surface area contributed by atoms with Gasteiger partial charge in [0.2, 0.25) is 0 Å². The maximum atomic E-state index is 4.89. The van der Waals surface area contributed by atoms with E-state index in [1.165, 1.54) is 63.8 Å². The third-order valence-corrected chi connectivity index (χ3v) is 19.8. The number of hydrogen-bond acceptors (Lipinski definition) is 1. The van der Waals surface area contributed by atoms with E-state index >= 15 is 0 Å². The van der Waals surface area contributed by atoms with Gasteiger partial charge < -0.3 is 0 Å². The van der Waals surface area contributed by atoms with E-state index < -0.39 is 18.4 Å². The molecule has 0 fully saturated rings. The van der Waals surface area contributed by atoms with Gasteiger partial charge in [0.25, 0.3) is 0 Å². The van der Waals surface area contributed by atoms with Crippen LogP contribution in [-0.4, -0.2) is 23.4 Å². The van der Waals surface area contributed by atoms with Gasteiger partial charge in [0.05, 0.1) is 0 Å². The van der Waals surface area contributed by atoms with Crippen molar-refractivity contribution in [2.24, 2.45) is 0 Å². The molecule has 0 saturated heterocycles. The number of pyridine rings is 1. The second-order valence-electron chi connectivity index (χ2n) is 6.66. The number of nitrogens with zero attached hydrogens (tertiary/aromatic N) is 1. The number of unbranched alkanes of at least 4 members (excludes halogenated alkanes) is 4. The first-order valence-corrected chi connectivity index (χ1v) is 16.6. The van der Waals surface area contributed by atoms with Gasteiger partial charge >= 0.3 is 137 Å². The summed E-state index contributed by atoms with van der Waals surface area (Å²) in [4.78, 5) is 4.89. The summed E-state index contributed by atoms with van der Waals surface area (Å²) in [6, 6.07) is 4.60. The fourth-order valence-electron chi connectivity index (χ4n) is 3.33. The Morgan fingerprint density at radius 2 is 1.43 bits per heavy atom. The van der Waals surface area contributed by atoms with Crippen LogP contribution in [0.2, 0.25) is 13.3 Å². The summed E-state index contributed by atoms with van der Waals surface area (Å²) in [5, 5.41) is 0. The van der Waals surface area contributed by atoms with Gasteiger partial charge in [0, 0.05) is 0 Å². The molecule has 0 aliphatic rings. The molecule has 0 N–H and O–H groups in total. The van der Waals surface area contributed by atoms with Crippen LogP contribution >= 0.6 is 0 Å². The first-order valence-electron chi connectivity index (χ1n) is 9.11. The van der Waals surface area contributed by atoms with Crippen LogP contribution in [0.5, 0.6) is 0 Å². The molecular formula is C19H35NSn. The molecule has 1 aromatic rings. The van der Waals surface area contributed by atoms with Crippen molar-refractivity contribution in [3.63, 3.8) is 0 Å². The van der Waals surface area contributed by atoms with E-state index in [1.54, 1.807) is 3.71 Å². The van der Waals surface area contributed by atoms with Crippen molar-refractivity contribution in [2.75, 3.05) is 0 Å². The Labute approximate surface area is 136 Å². The summed E-state index contributed by atoms with van der Waals surface area (Å²) in [5.74, 6) is 0. The molecule has 0 unspecified atom stereocenters. The zero-order valence-electron chi connectivity index (χ0n) is 14.8. The molecule has 120 valence electrons. The van der Waals surface area contributed by atoms with Crippen LogP contribution in [0, 0.1) is 6.92 Å². The van der Waals surface area contributed by atoms with Crippen molar-refractivity contribution in [2.45, 2.75) is 86.0 Å². The average Bonchev–Trinajstić information content (AvgIpc) is 2.50. The van der Waals surface area contributed by atoms with Gasteiger partial charge in [-0.2, -0.15) is 0 Å². The molecule has 1 aromatic heterocycles. The second-order valence-corrected chi connectivity index (χ2v) is 19.7. The zero-order valence-corrected chi connectivity index (χ0v) is 17.6. The number of hydrogen-bond donors (Lipinski definition) is 0. The normalized spacial score (nSPS) is 11.8. The van der Waals surface area contributed by atoms with Crippen molar-refractivity contribution in [3.05, 3.63) is 23.9 Å². The van der Waals surface area contributed by atoms with E-state index in [1.807, 2.05) is 0 Å². The van der Waals surface area contributed by atoms with E-state index in [0.717, 1.165) is 0 Å². The molecule has 0 amide bonds.